The maximum absolute atomic E-state index is 14.5. The predicted octanol–water partition coefficient (Wildman–Crippen LogP) is 9.45. The molecule has 0 saturated heterocycles. The standard InChI is InChI=1S/C42H50O7S/c1-29-35(39(45)49-41(5,6)7)33(27-19-8-9-20-28-34(43)44)37(38(50(46,47)48)36(29)40(2,3)4)42(30-21-13-10-14-22-30,31-23-15-11-16-24-31)32-25-17-12-18-26-32/h10-18,21-26H,8-9,19-20,27-28H2,1-7H3,(H,43,44)(H,46,47,48). The Morgan fingerprint density at radius 3 is 1.50 bits per heavy atom. The van der Waals surface area contributed by atoms with Gasteiger partial charge >= 0.3 is 11.9 Å². The summed E-state index contributed by atoms with van der Waals surface area (Å²) in [6, 6.07) is 28.8. The van der Waals surface area contributed by atoms with Crippen molar-refractivity contribution in [1.82, 2.24) is 0 Å². The molecule has 0 aliphatic heterocycles. The maximum Gasteiger partial charge on any atom is 0.339 e. The monoisotopic (exact) mass is 698 g/mol. The van der Waals surface area contributed by atoms with Crippen LogP contribution in [-0.4, -0.2) is 35.6 Å². The highest BCUT2D eigenvalue weighted by Gasteiger charge is 2.47. The lowest BCUT2D eigenvalue weighted by molar-refractivity contribution is -0.137. The second-order valence-corrected chi connectivity index (χ2v) is 16.3. The Hall–Kier alpha value is -4.27. The van der Waals surface area contributed by atoms with Gasteiger partial charge in [-0.3, -0.25) is 9.35 Å². The van der Waals surface area contributed by atoms with E-state index in [2.05, 4.69) is 0 Å². The zero-order valence-electron chi connectivity index (χ0n) is 30.2. The van der Waals surface area contributed by atoms with Gasteiger partial charge < -0.3 is 9.84 Å². The highest BCUT2D eigenvalue weighted by molar-refractivity contribution is 7.86. The third kappa shape index (κ3) is 8.36. The van der Waals surface area contributed by atoms with Crippen LogP contribution in [-0.2, 0) is 36.9 Å². The molecule has 0 saturated carbocycles. The number of carboxylic acid groups (broad SMARTS) is 1. The minimum Gasteiger partial charge on any atom is -0.481 e. The van der Waals surface area contributed by atoms with E-state index in [-0.39, 0.29) is 23.3 Å². The van der Waals surface area contributed by atoms with Crippen molar-refractivity contribution in [1.29, 1.82) is 0 Å². The molecule has 7 nitrogen and oxygen atoms in total. The van der Waals surface area contributed by atoms with Crippen molar-refractivity contribution in [3.05, 3.63) is 136 Å². The van der Waals surface area contributed by atoms with E-state index in [1.54, 1.807) is 27.7 Å². The summed E-state index contributed by atoms with van der Waals surface area (Å²) in [7, 11) is -4.94. The van der Waals surface area contributed by atoms with Crippen LogP contribution in [0.3, 0.4) is 0 Å². The fourth-order valence-corrected chi connectivity index (χ4v) is 8.50. The first-order valence-corrected chi connectivity index (χ1v) is 18.6. The van der Waals surface area contributed by atoms with E-state index in [4.69, 9.17) is 4.74 Å². The lowest BCUT2D eigenvalue weighted by atomic mass is 9.61. The van der Waals surface area contributed by atoms with Crippen LogP contribution in [0.4, 0.5) is 0 Å². The third-order valence-corrected chi connectivity index (χ3v) is 9.91. The van der Waals surface area contributed by atoms with Gasteiger partial charge in [0.2, 0.25) is 0 Å². The third-order valence-electron chi connectivity index (χ3n) is 8.98. The Kier molecular flexibility index (Phi) is 11.8. The van der Waals surface area contributed by atoms with Crippen LogP contribution in [0.1, 0.15) is 123 Å². The number of carboxylic acids is 1. The molecule has 4 rings (SSSR count). The lowest BCUT2D eigenvalue weighted by Gasteiger charge is -2.42. The predicted molar refractivity (Wildman–Crippen MR) is 198 cm³/mol. The summed E-state index contributed by atoms with van der Waals surface area (Å²) in [6.07, 6.45) is 2.67. The van der Waals surface area contributed by atoms with E-state index < -0.39 is 38.5 Å². The van der Waals surface area contributed by atoms with Crippen molar-refractivity contribution in [2.75, 3.05) is 0 Å². The first kappa shape index (κ1) is 38.5. The number of benzene rings is 4. The van der Waals surface area contributed by atoms with E-state index in [1.807, 2.05) is 112 Å². The van der Waals surface area contributed by atoms with Gasteiger partial charge in [-0.25, -0.2) is 4.79 Å². The van der Waals surface area contributed by atoms with Crippen LogP contribution in [0.5, 0.6) is 0 Å². The number of unbranched alkanes of at least 4 members (excludes halogenated alkanes) is 3. The highest BCUT2D eigenvalue weighted by atomic mass is 32.2. The van der Waals surface area contributed by atoms with Crippen LogP contribution in [0.25, 0.3) is 0 Å². The van der Waals surface area contributed by atoms with Gasteiger partial charge in [0, 0.05) is 6.42 Å². The molecule has 0 fully saturated rings. The molecule has 50 heavy (non-hydrogen) atoms. The fraction of sp³-hybridized carbons (Fsp3) is 0.381. The Labute approximate surface area is 297 Å². The smallest absolute Gasteiger partial charge is 0.339 e. The van der Waals surface area contributed by atoms with Crippen LogP contribution >= 0.6 is 0 Å². The minimum atomic E-state index is -4.94. The number of rotatable bonds is 13. The molecular weight excluding hydrogens is 649 g/mol. The van der Waals surface area contributed by atoms with Crippen LogP contribution in [0, 0.1) is 6.92 Å². The lowest BCUT2D eigenvalue weighted by Crippen LogP contribution is -2.37. The molecule has 0 atom stereocenters. The molecule has 0 spiro atoms. The van der Waals surface area contributed by atoms with E-state index in [1.165, 1.54) is 0 Å². The number of carbonyl (C=O) groups excluding carboxylic acids is 1. The van der Waals surface area contributed by atoms with Crippen molar-refractivity contribution in [2.45, 2.75) is 108 Å². The average Bonchev–Trinajstić information content (AvgIpc) is 3.03. The van der Waals surface area contributed by atoms with Gasteiger partial charge in [-0.15, -0.1) is 0 Å². The van der Waals surface area contributed by atoms with Gasteiger partial charge in [0.1, 0.15) is 10.5 Å². The summed E-state index contributed by atoms with van der Waals surface area (Å²) in [4.78, 5) is 25.5. The van der Waals surface area contributed by atoms with E-state index in [0.29, 0.717) is 47.9 Å². The van der Waals surface area contributed by atoms with Gasteiger partial charge in [-0.1, -0.05) is 125 Å². The Balaban J connectivity index is 2.33. The zero-order chi connectivity index (χ0) is 36.9. The van der Waals surface area contributed by atoms with Crippen LogP contribution in [0.2, 0.25) is 0 Å². The van der Waals surface area contributed by atoms with Crippen molar-refractivity contribution in [2.24, 2.45) is 0 Å². The number of esters is 1. The second-order valence-electron chi connectivity index (χ2n) is 14.9. The van der Waals surface area contributed by atoms with Crippen molar-refractivity contribution in [3.8, 4) is 0 Å². The first-order valence-electron chi connectivity index (χ1n) is 17.2. The highest BCUT2D eigenvalue weighted by Crippen LogP contribution is 2.52. The first-order chi connectivity index (χ1) is 23.4. The summed E-state index contributed by atoms with van der Waals surface area (Å²) in [6.45, 7) is 12.8. The van der Waals surface area contributed by atoms with Crippen LogP contribution in [0.15, 0.2) is 95.9 Å². The van der Waals surface area contributed by atoms with Gasteiger partial charge in [0.05, 0.1) is 11.0 Å². The molecule has 8 heteroatoms. The van der Waals surface area contributed by atoms with E-state index >= 15 is 0 Å². The fourth-order valence-electron chi connectivity index (χ4n) is 7.25. The van der Waals surface area contributed by atoms with E-state index in [9.17, 15) is 27.7 Å². The summed E-state index contributed by atoms with van der Waals surface area (Å²) in [5.74, 6) is -1.43. The largest absolute Gasteiger partial charge is 0.481 e. The van der Waals surface area contributed by atoms with Crippen molar-refractivity contribution >= 4 is 22.1 Å². The molecule has 266 valence electrons. The van der Waals surface area contributed by atoms with E-state index in [0.717, 1.165) is 16.7 Å². The SMILES string of the molecule is Cc1c(C(=O)OC(C)(C)C)c(CCCCCCC(=O)O)c(C(c2ccccc2)(c2ccccc2)c2ccccc2)c(S(=O)(=O)O)c1C(C)(C)C. The molecule has 0 heterocycles. The molecule has 4 aromatic carbocycles. The zero-order valence-corrected chi connectivity index (χ0v) is 31.1. The number of aliphatic carboxylic acids is 1. The quantitative estimate of drug-likeness (QED) is 0.0618. The summed E-state index contributed by atoms with van der Waals surface area (Å²) in [5, 5.41) is 9.19. The molecule has 2 N–H and O–H groups in total. The second kappa shape index (κ2) is 15.3. The minimum absolute atomic E-state index is 0.0554. The molecule has 0 aliphatic rings. The number of carbonyl (C=O) groups is 2. The molecule has 0 unspecified atom stereocenters. The Morgan fingerprint density at radius 2 is 1.12 bits per heavy atom. The van der Waals surface area contributed by atoms with Gasteiger partial charge in [0.15, 0.2) is 0 Å². The molecule has 0 bridgehead atoms. The topological polar surface area (TPSA) is 118 Å². The molecule has 0 amide bonds. The van der Waals surface area contributed by atoms with Gasteiger partial charge in [0.25, 0.3) is 10.1 Å². The summed E-state index contributed by atoms with van der Waals surface area (Å²) in [5.41, 5.74) is 1.10. The Morgan fingerprint density at radius 1 is 0.680 bits per heavy atom. The summed E-state index contributed by atoms with van der Waals surface area (Å²) < 4.78 is 45.8. The van der Waals surface area contributed by atoms with Gasteiger partial charge in [-0.2, -0.15) is 8.42 Å². The maximum atomic E-state index is 14.5. The van der Waals surface area contributed by atoms with Crippen LogP contribution < -0.4 is 0 Å². The molecule has 0 radical (unpaired) electrons. The molecular formula is C42H50O7S. The van der Waals surface area contributed by atoms with Crippen molar-refractivity contribution in [3.63, 3.8) is 0 Å². The normalized spacial score (nSPS) is 12.5. The average molecular weight is 699 g/mol. The Bertz CT molecular complexity index is 1810. The molecule has 4 aromatic rings. The van der Waals surface area contributed by atoms with Gasteiger partial charge in [-0.05, 0) is 91.3 Å². The number of ether oxygens (including phenoxy) is 1. The molecule has 0 aliphatic carbocycles. The molecule has 0 aromatic heterocycles. The van der Waals surface area contributed by atoms with Crippen molar-refractivity contribution < 1.29 is 32.4 Å². The number of hydrogen-bond donors (Lipinski definition) is 2. The number of hydrogen-bond acceptors (Lipinski definition) is 5. The summed E-state index contributed by atoms with van der Waals surface area (Å²) >= 11 is 0.